The number of aromatic nitrogens is 4. The zero-order valence-corrected chi connectivity index (χ0v) is 11.1. The first-order valence-electron chi connectivity index (χ1n) is 6.85. The van der Waals surface area contributed by atoms with E-state index in [-0.39, 0.29) is 6.42 Å². The molecular weight excluding hydrogens is 258 g/mol. The molecule has 7 heteroatoms. The van der Waals surface area contributed by atoms with Gasteiger partial charge in [0.1, 0.15) is 11.8 Å². The summed E-state index contributed by atoms with van der Waals surface area (Å²) in [6, 6.07) is 0. The van der Waals surface area contributed by atoms with Crippen LogP contribution >= 0.6 is 0 Å². The molecule has 0 aromatic carbocycles. The molecule has 3 rings (SSSR count). The molecular formula is C13H17N5O2. The lowest BCUT2D eigenvalue weighted by molar-refractivity contribution is -0.137. The predicted octanol–water partition coefficient (Wildman–Crippen LogP) is 1.43. The normalized spacial score (nSPS) is 16.7. The van der Waals surface area contributed by atoms with E-state index in [1.807, 2.05) is 0 Å². The smallest absolute Gasteiger partial charge is 0.303 e. The molecule has 3 heterocycles. The van der Waals surface area contributed by atoms with Crippen LogP contribution < -0.4 is 4.90 Å². The van der Waals surface area contributed by atoms with Gasteiger partial charge in [-0.3, -0.25) is 4.79 Å². The fourth-order valence-corrected chi connectivity index (χ4v) is 2.75. The highest BCUT2D eigenvalue weighted by atomic mass is 16.4. The van der Waals surface area contributed by atoms with E-state index in [0.29, 0.717) is 11.6 Å². The minimum absolute atomic E-state index is 0.267. The molecule has 20 heavy (non-hydrogen) atoms. The Morgan fingerprint density at radius 2 is 2.15 bits per heavy atom. The van der Waals surface area contributed by atoms with E-state index < -0.39 is 5.97 Å². The third-order valence-corrected chi connectivity index (χ3v) is 3.88. The van der Waals surface area contributed by atoms with Crippen molar-refractivity contribution in [2.75, 3.05) is 18.0 Å². The Bertz CT molecular complexity index is 604. The average molecular weight is 275 g/mol. The Hall–Kier alpha value is -2.18. The van der Waals surface area contributed by atoms with Crippen LogP contribution in [-0.2, 0) is 4.79 Å². The van der Waals surface area contributed by atoms with Gasteiger partial charge in [-0.2, -0.15) is 0 Å². The van der Waals surface area contributed by atoms with Crippen LogP contribution in [-0.4, -0.2) is 44.1 Å². The standard InChI is InChI=1S/C13H17N5O2/c19-10(20)2-1-9-3-5-18(6-4-9)13-11-12(15-7-14-11)16-8-17-13/h7-9H,1-6H2,(H,19,20)(H,14,15,16,17). The van der Waals surface area contributed by atoms with E-state index in [1.165, 1.54) is 6.33 Å². The predicted molar refractivity (Wildman–Crippen MR) is 73.5 cm³/mol. The molecule has 7 nitrogen and oxygen atoms in total. The van der Waals surface area contributed by atoms with E-state index >= 15 is 0 Å². The van der Waals surface area contributed by atoms with Crippen molar-refractivity contribution in [1.29, 1.82) is 0 Å². The quantitative estimate of drug-likeness (QED) is 0.876. The van der Waals surface area contributed by atoms with Crippen LogP contribution in [0.2, 0.25) is 0 Å². The number of nitrogens with one attached hydrogen (secondary N) is 1. The van der Waals surface area contributed by atoms with Crippen molar-refractivity contribution in [3.8, 4) is 0 Å². The van der Waals surface area contributed by atoms with Gasteiger partial charge in [0.25, 0.3) is 0 Å². The molecule has 2 aromatic heterocycles. The number of hydrogen-bond donors (Lipinski definition) is 2. The van der Waals surface area contributed by atoms with Crippen molar-refractivity contribution in [1.82, 2.24) is 19.9 Å². The fraction of sp³-hybridized carbons (Fsp3) is 0.538. The third kappa shape index (κ3) is 2.56. The number of H-pyrrole nitrogens is 1. The molecule has 0 bridgehead atoms. The SMILES string of the molecule is O=C(O)CCC1CCN(c2ncnc3nc[nH]c23)CC1. The maximum Gasteiger partial charge on any atom is 0.303 e. The maximum atomic E-state index is 10.6. The van der Waals surface area contributed by atoms with Gasteiger partial charge in [-0.25, -0.2) is 15.0 Å². The summed E-state index contributed by atoms with van der Waals surface area (Å²) in [6.45, 7) is 1.80. The van der Waals surface area contributed by atoms with E-state index in [2.05, 4.69) is 24.8 Å². The third-order valence-electron chi connectivity index (χ3n) is 3.88. The number of carboxylic acid groups (broad SMARTS) is 1. The van der Waals surface area contributed by atoms with Crippen molar-refractivity contribution >= 4 is 23.0 Å². The van der Waals surface area contributed by atoms with Gasteiger partial charge < -0.3 is 15.0 Å². The van der Waals surface area contributed by atoms with Gasteiger partial charge in [-0.1, -0.05) is 0 Å². The van der Waals surface area contributed by atoms with Crippen molar-refractivity contribution in [3.05, 3.63) is 12.7 Å². The first kappa shape index (κ1) is 12.8. The largest absolute Gasteiger partial charge is 0.481 e. The molecule has 2 N–H and O–H groups in total. The number of carboxylic acids is 1. The van der Waals surface area contributed by atoms with Crippen molar-refractivity contribution in [2.45, 2.75) is 25.7 Å². The summed E-state index contributed by atoms with van der Waals surface area (Å²) >= 11 is 0. The number of imidazole rings is 1. The summed E-state index contributed by atoms with van der Waals surface area (Å²) in [6.07, 6.45) is 6.21. The van der Waals surface area contributed by atoms with Gasteiger partial charge in [0, 0.05) is 19.5 Å². The highest BCUT2D eigenvalue weighted by Gasteiger charge is 2.22. The van der Waals surface area contributed by atoms with Crippen molar-refractivity contribution < 1.29 is 9.90 Å². The number of fused-ring (bicyclic) bond motifs is 1. The van der Waals surface area contributed by atoms with Crippen molar-refractivity contribution in [2.24, 2.45) is 5.92 Å². The Balaban J connectivity index is 1.66. The minimum Gasteiger partial charge on any atom is -0.481 e. The Labute approximate surface area is 116 Å². The Kier molecular flexibility index (Phi) is 3.49. The summed E-state index contributed by atoms with van der Waals surface area (Å²) in [7, 11) is 0. The molecule has 0 saturated carbocycles. The zero-order valence-electron chi connectivity index (χ0n) is 11.1. The first-order chi connectivity index (χ1) is 9.74. The summed E-state index contributed by atoms with van der Waals surface area (Å²) in [5.41, 5.74) is 1.56. The molecule has 106 valence electrons. The van der Waals surface area contributed by atoms with Gasteiger partial charge in [-0.05, 0) is 25.2 Å². The van der Waals surface area contributed by atoms with Crippen LogP contribution in [0.5, 0.6) is 0 Å². The van der Waals surface area contributed by atoms with Crippen LogP contribution in [0.3, 0.4) is 0 Å². The number of aliphatic carboxylic acids is 1. The summed E-state index contributed by atoms with van der Waals surface area (Å²) in [5, 5.41) is 8.73. The number of nitrogens with zero attached hydrogens (tertiary/aromatic N) is 4. The molecule has 0 unspecified atom stereocenters. The highest BCUT2D eigenvalue weighted by Crippen LogP contribution is 2.27. The second-order valence-electron chi connectivity index (χ2n) is 5.16. The van der Waals surface area contributed by atoms with Gasteiger partial charge in [-0.15, -0.1) is 0 Å². The summed E-state index contributed by atoms with van der Waals surface area (Å²) in [5.74, 6) is 0.688. The zero-order chi connectivity index (χ0) is 13.9. The lowest BCUT2D eigenvalue weighted by Crippen LogP contribution is -2.34. The topological polar surface area (TPSA) is 95.0 Å². The lowest BCUT2D eigenvalue weighted by Gasteiger charge is -2.32. The van der Waals surface area contributed by atoms with Gasteiger partial charge in [0.05, 0.1) is 6.33 Å². The molecule has 1 aliphatic heterocycles. The summed E-state index contributed by atoms with van der Waals surface area (Å²) < 4.78 is 0. The van der Waals surface area contributed by atoms with Gasteiger partial charge in [0.15, 0.2) is 11.5 Å². The van der Waals surface area contributed by atoms with Crippen LogP contribution in [0.4, 0.5) is 5.82 Å². The number of aromatic amines is 1. The van der Waals surface area contributed by atoms with Crippen molar-refractivity contribution in [3.63, 3.8) is 0 Å². The second-order valence-corrected chi connectivity index (χ2v) is 5.16. The van der Waals surface area contributed by atoms with Crippen LogP contribution in [0.15, 0.2) is 12.7 Å². The van der Waals surface area contributed by atoms with E-state index in [4.69, 9.17) is 5.11 Å². The highest BCUT2D eigenvalue weighted by molar-refractivity contribution is 5.82. The molecule has 1 saturated heterocycles. The van der Waals surface area contributed by atoms with Gasteiger partial charge >= 0.3 is 5.97 Å². The van der Waals surface area contributed by atoms with Crippen LogP contribution in [0.1, 0.15) is 25.7 Å². The Morgan fingerprint density at radius 1 is 1.35 bits per heavy atom. The number of carbonyl (C=O) groups is 1. The van der Waals surface area contributed by atoms with E-state index in [0.717, 1.165) is 43.7 Å². The Morgan fingerprint density at radius 3 is 2.90 bits per heavy atom. The molecule has 0 spiro atoms. The molecule has 0 atom stereocenters. The molecule has 1 aliphatic rings. The fourth-order valence-electron chi connectivity index (χ4n) is 2.75. The summed E-state index contributed by atoms with van der Waals surface area (Å²) in [4.78, 5) is 28.5. The van der Waals surface area contributed by atoms with Crippen LogP contribution in [0, 0.1) is 5.92 Å². The van der Waals surface area contributed by atoms with Crippen LogP contribution in [0.25, 0.3) is 11.2 Å². The number of rotatable bonds is 4. The number of piperidine rings is 1. The van der Waals surface area contributed by atoms with E-state index in [1.54, 1.807) is 6.33 Å². The first-order valence-corrected chi connectivity index (χ1v) is 6.85. The minimum atomic E-state index is -0.706. The van der Waals surface area contributed by atoms with Gasteiger partial charge in [0.2, 0.25) is 0 Å². The molecule has 2 aromatic rings. The number of hydrogen-bond acceptors (Lipinski definition) is 5. The lowest BCUT2D eigenvalue weighted by atomic mass is 9.92. The number of anilines is 1. The maximum absolute atomic E-state index is 10.6. The molecule has 0 amide bonds. The second kappa shape index (κ2) is 5.44. The van der Waals surface area contributed by atoms with E-state index in [9.17, 15) is 4.79 Å². The monoisotopic (exact) mass is 275 g/mol. The molecule has 0 aliphatic carbocycles. The molecule has 1 fully saturated rings. The molecule has 0 radical (unpaired) electrons. The average Bonchev–Trinajstić information content (AvgIpc) is 2.94.